The number of rotatable bonds is 16. The summed E-state index contributed by atoms with van der Waals surface area (Å²) < 4.78 is 22.8. The van der Waals surface area contributed by atoms with E-state index < -0.39 is 31.4 Å². The molecule has 0 spiro atoms. The smallest absolute Gasteiger partial charge is 0.356 e. The molecule has 1 heterocycles. The normalized spacial score (nSPS) is 12.9. The molecule has 38 heavy (non-hydrogen) atoms. The highest BCUT2D eigenvalue weighted by molar-refractivity contribution is 7.60. The van der Waals surface area contributed by atoms with Gasteiger partial charge >= 0.3 is 7.60 Å². The first-order chi connectivity index (χ1) is 18.0. The van der Waals surface area contributed by atoms with Gasteiger partial charge in [0.25, 0.3) is 5.91 Å². The Morgan fingerprint density at radius 1 is 1.13 bits per heavy atom. The first-order valence-electron chi connectivity index (χ1n) is 12.5. The van der Waals surface area contributed by atoms with Crippen LogP contribution in [0.15, 0.2) is 34.7 Å². The van der Waals surface area contributed by atoms with Crippen LogP contribution in [-0.2, 0) is 14.2 Å². The van der Waals surface area contributed by atoms with E-state index in [4.69, 9.17) is 9.15 Å². The number of furan rings is 1. The van der Waals surface area contributed by atoms with Gasteiger partial charge in [0.15, 0.2) is 5.76 Å². The fraction of sp³-hybridized carbons (Fsp3) is 0.480. The van der Waals surface area contributed by atoms with E-state index in [0.717, 1.165) is 19.3 Å². The van der Waals surface area contributed by atoms with Gasteiger partial charge in [0, 0.05) is 5.56 Å². The maximum atomic E-state index is 12.8. The van der Waals surface area contributed by atoms with E-state index in [1.807, 2.05) is 6.92 Å². The lowest BCUT2D eigenvalue weighted by molar-refractivity contribution is -0.168. The molecule has 0 fully saturated rings. The SMILES string of the molecule is CCCCC[C@@H](C(=O)NCNC(=O)c1ccc(-c2cc(OCC)cc(P(=O)(O)O)c2)o1)[C@@H](CC)N(O)C=O. The van der Waals surface area contributed by atoms with E-state index in [2.05, 4.69) is 10.6 Å². The van der Waals surface area contributed by atoms with E-state index in [0.29, 0.717) is 23.5 Å². The number of amides is 3. The number of ether oxygens (including phenoxy) is 1. The Labute approximate surface area is 221 Å². The quantitative estimate of drug-likeness (QED) is 0.0522. The number of carbonyl (C=O) groups excluding carboxylic acids is 3. The Balaban J connectivity index is 2.08. The van der Waals surface area contributed by atoms with Gasteiger partial charge in [-0.2, -0.15) is 0 Å². The molecule has 0 unspecified atom stereocenters. The van der Waals surface area contributed by atoms with E-state index in [1.165, 1.54) is 30.3 Å². The van der Waals surface area contributed by atoms with Crippen molar-refractivity contribution in [2.45, 2.75) is 58.9 Å². The van der Waals surface area contributed by atoms with Crippen LogP contribution >= 0.6 is 7.60 Å². The minimum absolute atomic E-state index is 0.0813. The van der Waals surface area contributed by atoms with Gasteiger partial charge in [-0.15, -0.1) is 0 Å². The summed E-state index contributed by atoms with van der Waals surface area (Å²) in [6.45, 7) is 5.59. The second kappa shape index (κ2) is 14.7. The van der Waals surface area contributed by atoms with Crippen molar-refractivity contribution in [1.82, 2.24) is 15.7 Å². The monoisotopic (exact) mass is 553 g/mol. The molecule has 0 aliphatic carbocycles. The van der Waals surface area contributed by atoms with Gasteiger partial charge in [0.2, 0.25) is 12.3 Å². The molecular formula is C25H36N3O9P. The molecule has 0 aliphatic heterocycles. The third-order valence-corrected chi connectivity index (χ3v) is 6.88. The summed E-state index contributed by atoms with van der Waals surface area (Å²) in [4.78, 5) is 55.7. The van der Waals surface area contributed by atoms with Crippen molar-refractivity contribution in [3.63, 3.8) is 0 Å². The number of hydrogen-bond acceptors (Lipinski definition) is 7. The maximum absolute atomic E-state index is 12.8. The van der Waals surface area contributed by atoms with E-state index in [1.54, 1.807) is 13.8 Å². The van der Waals surface area contributed by atoms with Crippen LogP contribution in [0.25, 0.3) is 11.3 Å². The number of nitrogens with one attached hydrogen (secondary N) is 2. The number of benzene rings is 1. The van der Waals surface area contributed by atoms with Crippen LogP contribution < -0.4 is 20.7 Å². The van der Waals surface area contributed by atoms with Crippen molar-refractivity contribution in [1.29, 1.82) is 0 Å². The summed E-state index contributed by atoms with van der Waals surface area (Å²) in [6.07, 6.45) is 3.70. The van der Waals surface area contributed by atoms with Crippen LogP contribution in [0.3, 0.4) is 0 Å². The number of hydroxylamine groups is 2. The molecule has 0 radical (unpaired) electrons. The first kappa shape index (κ1) is 31.0. The van der Waals surface area contributed by atoms with Gasteiger partial charge in [-0.25, -0.2) is 5.06 Å². The number of unbranched alkanes of at least 4 members (excludes halogenated alkanes) is 2. The molecule has 13 heteroatoms. The van der Waals surface area contributed by atoms with Crippen LogP contribution in [0.5, 0.6) is 5.75 Å². The van der Waals surface area contributed by atoms with Crippen LogP contribution in [0.1, 0.15) is 63.4 Å². The molecule has 2 atom stereocenters. The first-order valence-corrected chi connectivity index (χ1v) is 14.1. The average molecular weight is 554 g/mol. The van der Waals surface area contributed by atoms with E-state index in [9.17, 15) is 33.9 Å². The summed E-state index contributed by atoms with van der Waals surface area (Å²) in [5, 5.41) is 15.3. The second-order valence-corrected chi connectivity index (χ2v) is 10.2. The van der Waals surface area contributed by atoms with E-state index >= 15 is 0 Å². The molecule has 1 aromatic heterocycles. The second-order valence-electron chi connectivity index (χ2n) is 8.64. The molecule has 0 bridgehead atoms. The van der Waals surface area contributed by atoms with Gasteiger partial charge in [0.1, 0.15) is 11.5 Å². The van der Waals surface area contributed by atoms with E-state index in [-0.39, 0.29) is 42.3 Å². The van der Waals surface area contributed by atoms with Crippen LogP contribution in [-0.4, -0.2) is 57.6 Å². The Morgan fingerprint density at radius 3 is 2.47 bits per heavy atom. The fourth-order valence-corrected chi connectivity index (χ4v) is 4.64. The molecule has 0 aliphatic rings. The molecule has 0 saturated carbocycles. The molecule has 0 saturated heterocycles. The molecule has 2 rings (SSSR count). The Hall–Kier alpha value is -3.18. The zero-order chi connectivity index (χ0) is 28.3. The molecule has 5 N–H and O–H groups in total. The summed E-state index contributed by atoms with van der Waals surface area (Å²) in [7, 11) is -4.57. The summed E-state index contributed by atoms with van der Waals surface area (Å²) in [6, 6.07) is 6.22. The highest BCUT2D eigenvalue weighted by atomic mass is 31.2. The van der Waals surface area contributed by atoms with Gasteiger partial charge in [-0.1, -0.05) is 33.1 Å². The van der Waals surface area contributed by atoms with Crippen molar-refractivity contribution < 1.29 is 43.1 Å². The predicted molar refractivity (Wildman–Crippen MR) is 139 cm³/mol. The average Bonchev–Trinajstić information content (AvgIpc) is 3.38. The summed E-state index contributed by atoms with van der Waals surface area (Å²) in [5.74, 6) is -1.35. The molecular weight excluding hydrogens is 517 g/mol. The van der Waals surface area contributed by atoms with Gasteiger partial charge in [-0.3, -0.25) is 24.2 Å². The zero-order valence-corrected chi connectivity index (χ0v) is 22.6. The lowest BCUT2D eigenvalue weighted by Crippen LogP contribution is -2.47. The van der Waals surface area contributed by atoms with Crippen molar-refractivity contribution in [3.05, 3.63) is 36.1 Å². The number of nitrogens with zero attached hydrogens (tertiary/aromatic N) is 1. The molecule has 210 valence electrons. The predicted octanol–water partition coefficient (Wildman–Crippen LogP) is 2.77. The van der Waals surface area contributed by atoms with Crippen molar-refractivity contribution >= 4 is 31.1 Å². The number of carbonyl (C=O) groups is 3. The Bertz CT molecular complexity index is 1130. The molecule has 3 amide bonds. The van der Waals surface area contributed by atoms with Crippen LogP contribution in [0.4, 0.5) is 0 Å². The lowest BCUT2D eigenvalue weighted by atomic mass is 9.90. The maximum Gasteiger partial charge on any atom is 0.356 e. The highest BCUT2D eigenvalue weighted by Crippen LogP contribution is 2.37. The van der Waals surface area contributed by atoms with Gasteiger partial charge in [-0.05, 0) is 50.1 Å². The van der Waals surface area contributed by atoms with Crippen molar-refractivity contribution in [2.24, 2.45) is 5.92 Å². The van der Waals surface area contributed by atoms with Crippen LogP contribution in [0.2, 0.25) is 0 Å². The molecule has 1 aromatic carbocycles. The Kier molecular flexibility index (Phi) is 12.0. The highest BCUT2D eigenvalue weighted by Gasteiger charge is 2.30. The summed E-state index contributed by atoms with van der Waals surface area (Å²) >= 11 is 0. The third kappa shape index (κ3) is 8.70. The van der Waals surface area contributed by atoms with Crippen LogP contribution in [0, 0.1) is 5.92 Å². The van der Waals surface area contributed by atoms with Gasteiger partial charge in [0.05, 0.1) is 30.5 Å². The minimum atomic E-state index is -4.57. The zero-order valence-electron chi connectivity index (χ0n) is 21.8. The fourth-order valence-electron chi connectivity index (χ4n) is 4.04. The van der Waals surface area contributed by atoms with Gasteiger partial charge < -0.3 is 29.6 Å². The van der Waals surface area contributed by atoms with Crippen molar-refractivity contribution in [2.75, 3.05) is 13.3 Å². The summed E-state index contributed by atoms with van der Waals surface area (Å²) in [5.41, 5.74) is 0.311. The number of hydrogen-bond donors (Lipinski definition) is 5. The molecule has 12 nitrogen and oxygen atoms in total. The van der Waals surface area contributed by atoms with Crippen molar-refractivity contribution in [3.8, 4) is 17.1 Å². The largest absolute Gasteiger partial charge is 0.494 e. The Morgan fingerprint density at radius 2 is 1.87 bits per heavy atom. The third-order valence-electron chi connectivity index (χ3n) is 5.95. The standard InChI is InChI=1S/C25H36N3O9P/c1-4-7-8-9-20(21(5-2)28(32)16-29)24(30)26-15-27-25(31)23-11-10-22(37-23)17-12-18(36-6-3)14-19(13-17)38(33,34)35/h10-14,16,20-21,32H,4-9,15H2,1-3H3,(H,26,30)(H,27,31)(H2,33,34,35)/t20-,21-/m1/s1. The minimum Gasteiger partial charge on any atom is -0.494 e. The lowest BCUT2D eigenvalue weighted by Gasteiger charge is -2.29. The topological polar surface area (TPSA) is 179 Å². The molecule has 2 aromatic rings.